The molecule has 4 N–H and O–H groups in total. The first-order chi connectivity index (χ1) is 16.9. The van der Waals surface area contributed by atoms with Crippen molar-refractivity contribution in [2.75, 3.05) is 0 Å². The number of hydrogen-bond donors (Lipinski definition) is 4. The molecule has 0 aliphatic heterocycles. The summed E-state index contributed by atoms with van der Waals surface area (Å²) < 4.78 is 78.4. The zero-order valence-electron chi connectivity index (χ0n) is 21.2. The summed E-state index contributed by atoms with van der Waals surface area (Å²) in [5.41, 5.74) is -2.61. The third-order valence-corrected chi connectivity index (χ3v) is 9.10. The van der Waals surface area contributed by atoms with Crippen molar-refractivity contribution < 1.29 is 46.8 Å². The number of hydrogen-bond acceptors (Lipinski definition) is 4. The van der Waals surface area contributed by atoms with E-state index in [0.717, 1.165) is 37.7 Å². The van der Waals surface area contributed by atoms with Crippen LogP contribution < -0.4 is 0 Å². The minimum absolute atomic E-state index is 0.0124. The van der Waals surface area contributed by atoms with Crippen molar-refractivity contribution >= 4 is 0 Å². The molecule has 3 rings (SSSR count). The minimum atomic E-state index is -5.95. The Bertz CT molecular complexity index is 894. The number of halogens is 6. The van der Waals surface area contributed by atoms with E-state index in [4.69, 9.17) is 0 Å². The maximum Gasteiger partial charge on any atom is 0.426 e. The van der Waals surface area contributed by atoms with Crippen LogP contribution in [-0.2, 0) is 0 Å². The Morgan fingerprint density at radius 3 is 2.30 bits per heavy atom. The van der Waals surface area contributed by atoms with Crippen LogP contribution in [0.15, 0.2) is 35.5 Å². The smallest absolute Gasteiger partial charge is 0.393 e. The molecule has 37 heavy (non-hydrogen) atoms. The molecule has 4 nitrogen and oxygen atoms in total. The Hall–Kier alpha value is -1.36. The molecular weight excluding hydrogens is 502 g/mol. The van der Waals surface area contributed by atoms with Gasteiger partial charge in [-0.1, -0.05) is 38.2 Å². The van der Waals surface area contributed by atoms with Crippen LogP contribution in [0.2, 0.25) is 0 Å². The van der Waals surface area contributed by atoms with Gasteiger partial charge in [0.25, 0.3) is 5.60 Å². The van der Waals surface area contributed by atoms with Crippen LogP contribution in [0, 0.1) is 23.2 Å². The molecule has 0 spiro atoms. The predicted molar refractivity (Wildman–Crippen MR) is 126 cm³/mol. The molecule has 212 valence electrons. The zero-order valence-corrected chi connectivity index (χ0v) is 21.2. The number of alkyl halides is 6. The fourth-order valence-corrected chi connectivity index (χ4v) is 7.09. The van der Waals surface area contributed by atoms with Crippen molar-refractivity contribution in [3.8, 4) is 0 Å². The number of fused-ring (bicyclic) bond motifs is 1. The van der Waals surface area contributed by atoms with Crippen LogP contribution in [0.4, 0.5) is 26.3 Å². The van der Waals surface area contributed by atoms with E-state index < -0.39 is 42.7 Å². The number of aliphatic hydroxyl groups excluding tert-OH is 3. The summed E-state index contributed by atoms with van der Waals surface area (Å²) in [5.74, 6) is -0.185. The van der Waals surface area contributed by atoms with Crippen LogP contribution >= 0.6 is 0 Å². The van der Waals surface area contributed by atoms with E-state index in [2.05, 4.69) is 13.5 Å². The van der Waals surface area contributed by atoms with Gasteiger partial charge in [0.2, 0.25) is 0 Å². The van der Waals surface area contributed by atoms with Crippen molar-refractivity contribution in [3.63, 3.8) is 0 Å². The summed E-state index contributed by atoms with van der Waals surface area (Å²) in [6.07, 6.45) is -8.72. The van der Waals surface area contributed by atoms with E-state index in [0.29, 0.717) is 12.0 Å². The van der Waals surface area contributed by atoms with Gasteiger partial charge in [-0.25, -0.2) is 0 Å². The Labute approximate surface area is 213 Å². The van der Waals surface area contributed by atoms with Crippen LogP contribution in [0.3, 0.4) is 0 Å². The van der Waals surface area contributed by atoms with E-state index in [9.17, 15) is 46.8 Å². The van der Waals surface area contributed by atoms with Crippen molar-refractivity contribution in [3.05, 3.63) is 35.5 Å². The average molecular weight is 541 g/mol. The molecule has 3 aliphatic carbocycles. The van der Waals surface area contributed by atoms with Crippen LogP contribution in [0.1, 0.15) is 71.6 Å². The fourth-order valence-electron chi connectivity index (χ4n) is 7.09. The molecule has 3 saturated carbocycles. The highest BCUT2D eigenvalue weighted by molar-refractivity contribution is 5.38. The number of allylic oxidation sites excluding steroid dienone is 3. The Kier molecular flexibility index (Phi) is 8.70. The van der Waals surface area contributed by atoms with Crippen molar-refractivity contribution in [1.82, 2.24) is 0 Å². The average Bonchev–Trinajstić information content (AvgIpc) is 3.11. The molecule has 0 bridgehead atoms. The molecule has 10 heteroatoms. The lowest BCUT2D eigenvalue weighted by Gasteiger charge is -2.45. The lowest BCUT2D eigenvalue weighted by atomic mass is 9.60. The Balaban J connectivity index is 1.73. The lowest BCUT2D eigenvalue weighted by Crippen LogP contribution is -2.58. The van der Waals surface area contributed by atoms with Crippen molar-refractivity contribution in [1.29, 1.82) is 0 Å². The zero-order chi connectivity index (χ0) is 28.0. The quantitative estimate of drug-likeness (QED) is 0.323. The van der Waals surface area contributed by atoms with E-state index >= 15 is 0 Å². The van der Waals surface area contributed by atoms with E-state index in [1.165, 1.54) is 5.57 Å². The molecule has 0 aromatic heterocycles. The van der Waals surface area contributed by atoms with Crippen molar-refractivity contribution in [2.45, 2.75) is 108 Å². The van der Waals surface area contributed by atoms with Crippen LogP contribution in [0.25, 0.3) is 0 Å². The second kappa shape index (κ2) is 10.7. The van der Waals surface area contributed by atoms with Crippen LogP contribution in [0.5, 0.6) is 0 Å². The molecule has 7 atom stereocenters. The van der Waals surface area contributed by atoms with Gasteiger partial charge in [0.15, 0.2) is 0 Å². The maximum atomic E-state index is 13.1. The standard InChI is InChI=1S/C27H38F6O4/c1-15(11-20(35)14-25(37,26(28,29)30)27(31,32)33)21-8-9-22-17(5-4-10-24(21,22)3)6-7-18-12-19(34)13-23(36)16(18)2/h6-7,15,19-23,34-37H,2,4-5,8-14H2,1,3H3/b17-6+,18-7-/t15-,19-,20+,21-,22+,23-,24-/m1/s1. The molecule has 0 amide bonds. The third-order valence-electron chi connectivity index (χ3n) is 9.10. The topological polar surface area (TPSA) is 80.9 Å². The molecule has 0 saturated heterocycles. The molecule has 0 aromatic carbocycles. The summed E-state index contributed by atoms with van der Waals surface area (Å²) in [5, 5.41) is 39.8. The molecule has 3 fully saturated rings. The van der Waals surface area contributed by atoms with Gasteiger partial charge >= 0.3 is 12.4 Å². The van der Waals surface area contributed by atoms with Crippen LogP contribution in [-0.4, -0.2) is 56.7 Å². The van der Waals surface area contributed by atoms with Gasteiger partial charge in [-0.15, -0.1) is 0 Å². The van der Waals surface area contributed by atoms with Crippen molar-refractivity contribution in [2.24, 2.45) is 23.2 Å². The van der Waals surface area contributed by atoms with Gasteiger partial charge in [0.1, 0.15) is 0 Å². The number of aliphatic hydroxyl groups is 4. The van der Waals surface area contributed by atoms with E-state index in [1.807, 2.05) is 12.2 Å². The van der Waals surface area contributed by atoms with Gasteiger partial charge in [0, 0.05) is 12.8 Å². The van der Waals surface area contributed by atoms with Gasteiger partial charge in [-0.3, -0.25) is 0 Å². The number of rotatable bonds is 6. The predicted octanol–water partition coefficient (Wildman–Crippen LogP) is 5.76. The Morgan fingerprint density at radius 1 is 1.08 bits per heavy atom. The minimum Gasteiger partial charge on any atom is -0.393 e. The summed E-state index contributed by atoms with van der Waals surface area (Å²) >= 11 is 0. The highest BCUT2D eigenvalue weighted by Crippen LogP contribution is 2.60. The van der Waals surface area contributed by atoms with Gasteiger partial charge in [-0.2, -0.15) is 26.3 Å². The monoisotopic (exact) mass is 540 g/mol. The first-order valence-corrected chi connectivity index (χ1v) is 12.9. The van der Waals surface area contributed by atoms with Gasteiger partial charge < -0.3 is 20.4 Å². The molecule has 0 aromatic rings. The third kappa shape index (κ3) is 5.97. The first kappa shape index (κ1) is 30.2. The summed E-state index contributed by atoms with van der Waals surface area (Å²) in [6, 6.07) is 0. The van der Waals surface area contributed by atoms with Gasteiger partial charge in [-0.05, 0) is 79.3 Å². The molecular formula is C27H38F6O4. The highest BCUT2D eigenvalue weighted by atomic mass is 19.4. The first-order valence-electron chi connectivity index (χ1n) is 12.9. The Morgan fingerprint density at radius 2 is 1.70 bits per heavy atom. The molecule has 0 unspecified atom stereocenters. The SMILES string of the molecule is C=C1/C(=C\C=C2/CCC[C@]3(C)[C@@H]([C@H](C)C[C@H](O)CC(O)(C(F)(F)F)C(F)(F)F)CC[C@@H]23)C[C@@H](O)C[C@H]1O. The summed E-state index contributed by atoms with van der Waals surface area (Å²) in [7, 11) is 0. The highest BCUT2D eigenvalue weighted by Gasteiger charge is 2.70. The summed E-state index contributed by atoms with van der Waals surface area (Å²) in [6.45, 7) is 7.78. The lowest BCUT2D eigenvalue weighted by molar-refractivity contribution is -0.374. The van der Waals surface area contributed by atoms with Gasteiger partial charge in [0.05, 0.1) is 18.3 Å². The largest absolute Gasteiger partial charge is 0.426 e. The molecule has 0 heterocycles. The fraction of sp³-hybridized carbons (Fsp3) is 0.778. The normalized spacial score (nSPS) is 35.6. The maximum absolute atomic E-state index is 13.1. The second-order valence-electron chi connectivity index (χ2n) is 11.6. The second-order valence-corrected chi connectivity index (χ2v) is 11.6. The van der Waals surface area contributed by atoms with E-state index in [-0.39, 0.29) is 36.0 Å². The summed E-state index contributed by atoms with van der Waals surface area (Å²) in [4.78, 5) is 0. The van der Waals surface area contributed by atoms with E-state index in [1.54, 1.807) is 6.92 Å². The molecule has 3 aliphatic rings. The molecule has 0 radical (unpaired) electrons.